The van der Waals surface area contributed by atoms with Gasteiger partial charge in [-0.2, -0.15) is 0 Å². The van der Waals surface area contributed by atoms with E-state index in [1.165, 1.54) is 28.3 Å². The molecule has 1 aromatic rings. The van der Waals surface area contributed by atoms with Crippen LogP contribution in [0.4, 0.5) is 0 Å². The number of hydrogen-bond donors (Lipinski definition) is 1. The van der Waals surface area contributed by atoms with Crippen LogP contribution in [0.3, 0.4) is 0 Å². The molecule has 86 valence electrons. The van der Waals surface area contributed by atoms with E-state index < -0.39 is 5.97 Å². The lowest BCUT2D eigenvalue weighted by Crippen LogP contribution is -2.51. The third-order valence-corrected chi connectivity index (χ3v) is 3.68. The van der Waals surface area contributed by atoms with E-state index in [4.69, 9.17) is 9.52 Å². The van der Waals surface area contributed by atoms with Crippen molar-refractivity contribution in [3.63, 3.8) is 0 Å². The molecule has 1 amide bonds. The fourth-order valence-electron chi connectivity index (χ4n) is 1.79. The lowest BCUT2D eigenvalue weighted by Gasteiger charge is -2.36. The summed E-state index contributed by atoms with van der Waals surface area (Å²) in [6.07, 6.45) is 3.17. The Balaban J connectivity index is 1.87. The van der Waals surface area contributed by atoms with Gasteiger partial charge in [0.15, 0.2) is 0 Å². The predicted molar refractivity (Wildman–Crippen MR) is 60.6 cm³/mol. The van der Waals surface area contributed by atoms with Gasteiger partial charge in [0, 0.05) is 5.41 Å². The third kappa shape index (κ3) is 1.41. The molecule has 1 atom stereocenters. The van der Waals surface area contributed by atoms with Crippen molar-refractivity contribution in [2.75, 3.05) is 0 Å². The molecular weight excluding hydrogens is 242 g/mol. The summed E-state index contributed by atoms with van der Waals surface area (Å²) >= 11 is 1.31. The average Bonchev–Trinajstić information content (AvgIpc) is 2.93. The van der Waals surface area contributed by atoms with Crippen molar-refractivity contribution in [2.45, 2.75) is 5.37 Å². The number of carbonyl (C=O) groups excluding carboxylic acids is 1. The highest BCUT2D eigenvalue weighted by Gasteiger charge is 2.49. The molecule has 0 saturated carbocycles. The fraction of sp³-hybridized carbons (Fsp3) is 0.0909. The van der Waals surface area contributed by atoms with Crippen molar-refractivity contribution in [3.8, 4) is 0 Å². The van der Waals surface area contributed by atoms with Gasteiger partial charge in [0.05, 0.1) is 11.8 Å². The zero-order valence-corrected chi connectivity index (χ0v) is 9.31. The van der Waals surface area contributed by atoms with Crippen molar-refractivity contribution in [3.05, 3.63) is 40.8 Å². The fourth-order valence-corrected chi connectivity index (χ4v) is 2.91. The Bertz CT molecular complexity index is 558. The van der Waals surface area contributed by atoms with Crippen molar-refractivity contribution < 1.29 is 19.1 Å². The molecular formula is C11H7NO4S. The highest BCUT2D eigenvalue weighted by molar-refractivity contribution is 8.03. The monoisotopic (exact) mass is 249 g/mol. The molecule has 2 aliphatic heterocycles. The lowest BCUT2D eigenvalue weighted by atomic mass is 10.0. The van der Waals surface area contributed by atoms with Gasteiger partial charge in [0.25, 0.3) is 5.91 Å². The summed E-state index contributed by atoms with van der Waals surface area (Å²) in [6, 6.07) is 3.48. The number of hydrogen-bond acceptors (Lipinski definition) is 4. The second-order valence-corrected chi connectivity index (χ2v) is 4.54. The van der Waals surface area contributed by atoms with Gasteiger partial charge in [-0.05, 0) is 18.2 Å². The molecule has 0 aromatic carbocycles. The van der Waals surface area contributed by atoms with Crippen LogP contribution >= 0.6 is 11.8 Å². The molecule has 6 heteroatoms. The van der Waals surface area contributed by atoms with Crippen molar-refractivity contribution in [2.24, 2.45) is 0 Å². The largest absolute Gasteiger partial charge is 0.477 e. The summed E-state index contributed by atoms with van der Waals surface area (Å²) < 4.78 is 5.12. The van der Waals surface area contributed by atoms with Gasteiger partial charge in [-0.15, -0.1) is 11.8 Å². The van der Waals surface area contributed by atoms with Crippen LogP contribution in [-0.4, -0.2) is 27.3 Å². The molecule has 2 aliphatic rings. The smallest absolute Gasteiger partial charge is 0.353 e. The standard InChI is InChI=1S/C11H7NO4S/c13-9-7(4-6-2-1-3-16-6)10-12(9)8(5-17-10)11(14)15/h1-5,10H,(H,14,15)/t10-/m0/s1. The van der Waals surface area contributed by atoms with Crippen LogP contribution in [0.2, 0.25) is 0 Å². The Morgan fingerprint density at radius 3 is 3.06 bits per heavy atom. The number of aliphatic carboxylic acids is 1. The van der Waals surface area contributed by atoms with Crippen LogP contribution in [0, 0.1) is 0 Å². The summed E-state index contributed by atoms with van der Waals surface area (Å²) in [5.41, 5.74) is 0.610. The van der Waals surface area contributed by atoms with Crippen molar-refractivity contribution in [1.82, 2.24) is 4.90 Å². The van der Waals surface area contributed by atoms with Gasteiger partial charge < -0.3 is 9.52 Å². The maximum Gasteiger partial charge on any atom is 0.353 e. The Morgan fingerprint density at radius 2 is 2.41 bits per heavy atom. The number of furan rings is 1. The summed E-state index contributed by atoms with van der Waals surface area (Å²) in [5, 5.41) is 10.2. The normalized spacial score (nSPS) is 24.6. The minimum absolute atomic E-state index is 0.0431. The molecule has 0 radical (unpaired) electrons. The molecule has 1 saturated heterocycles. The molecule has 3 heterocycles. The Hall–Kier alpha value is -1.95. The van der Waals surface area contributed by atoms with Crippen molar-refractivity contribution in [1.29, 1.82) is 0 Å². The quantitative estimate of drug-likeness (QED) is 0.635. The third-order valence-electron chi connectivity index (χ3n) is 2.59. The second-order valence-electron chi connectivity index (χ2n) is 3.59. The molecule has 0 spiro atoms. The van der Waals surface area contributed by atoms with Gasteiger partial charge >= 0.3 is 5.97 Å². The first kappa shape index (κ1) is 10.2. The van der Waals surface area contributed by atoms with Crippen molar-refractivity contribution >= 4 is 29.7 Å². The molecule has 5 nitrogen and oxygen atoms in total. The summed E-state index contributed by atoms with van der Waals surface area (Å²) in [4.78, 5) is 23.9. The number of carbonyl (C=O) groups is 2. The Labute approximate surface area is 100 Å². The maximum atomic E-state index is 11.8. The zero-order valence-electron chi connectivity index (χ0n) is 8.49. The molecule has 0 aliphatic carbocycles. The second kappa shape index (κ2) is 3.53. The van der Waals surface area contributed by atoms with Crippen LogP contribution < -0.4 is 0 Å². The molecule has 1 fully saturated rings. The SMILES string of the molecule is O=C(O)C1=CS[C@H]2C(=Cc3ccco3)C(=O)N12. The van der Waals surface area contributed by atoms with Crippen LogP contribution in [0.1, 0.15) is 5.76 Å². The molecule has 0 bridgehead atoms. The van der Waals surface area contributed by atoms with Gasteiger partial charge in [-0.25, -0.2) is 4.79 Å². The van der Waals surface area contributed by atoms with Crippen LogP contribution in [-0.2, 0) is 9.59 Å². The van der Waals surface area contributed by atoms with Gasteiger partial charge in [0.1, 0.15) is 16.8 Å². The van der Waals surface area contributed by atoms with E-state index in [1.54, 1.807) is 18.2 Å². The van der Waals surface area contributed by atoms with Gasteiger partial charge in [-0.1, -0.05) is 0 Å². The summed E-state index contributed by atoms with van der Waals surface area (Å²) in [6.45, 7) is 0. The first-order valence-corrected chi connectivity index (χ1v) is 5.80. The molecule has 0 unspecified atom stereocenters. The average molecular weight is 249 g/mol. The number of fused-ring (bicyclic) bond motifs is 1. The predicted octanol–water partition coefficient (Wildman–Crippen LogP) is 1.50. The van der Waals surface area contributed by atoms with Gasteiger partial charge in [0.2, 0.25) is 0 Å². The number of amides is 1. The van der Waals surface area contributed by atoms with E-state index in [0.717, 1.165) is 0 Å². The molecule has 3 rings (SSSR count). The van der Waals surface area contributed by atoms with E-state index in [9.17, 15) is 9.59 Å². The highest BCUT2D eigenvalue weighted by Crippen LogP contribution is 2.44. The number of thioether (sulfide) groups is 1. The van der Waals surface area contributed by atoms with E-state index in [-0.39, 0.29) is 17.0 Å². The Morgan fingerprint density at radius 1 is 1.59 bits per heavy atom. The number of carboxylic acids is 1. The number of nitrogens with zero attached hydrogens (tertiary/aromatic N) is 1. The van der Waals surface area contributed by atoms with Gasteiger partial charge in [-0.3, -0.25) is 9.69 Å². The minimum atomic E-state index is -1.08. The molecule has 17 heavy (non-hydrogen) atoms. The Kier molecular flexibility index (Phi) is 2.12. The molecule has 1 aromatic heterocycles. The number of β-lactam (4-membered cyclic amide) rings is 1. The lowest BCUT2D eigenvalue weighted by molar-refractivity contribution is -0.141. The van der Waals surface area contributed by atoms with E-state index in [2.05, 4.69) is 0 Å². The first-order valence-electron chi connectivity index (χ1n) is 4.86. The van der Waals surface area contributed by atoms with E-state index in [1.807, 2.05) is 0 Å². The van der Waals surface area contributed by atoms with E-state index >= 15 is 0 Å². The van der Waals surface area contributed by atoms with Crippen LogP contribution in [0.25, 0.3) is 6.08 Å². The van der Waals surface area contributed by atoms with Crippen LogP contribution in [0.15, 0.2) is 39.5 Å². The highest BCUT2D eigenvalue weighted by atomic mass is 32.2. The molecule has 1 N–H and O–H groups in total. The maximum absolute atomic E-state index is 11.8. The van der Waals surface area contributed by atoms with Crippen LogP contribution in [0.5, 0.6) is 0 Å². The summed E-state index contributed by atoms with van der Waals surface area (Å²) in [7, 11) is 0. The summed E-state index contributed by atoms with van der Waals surface area (Å²) in [5.74, 6) is -0.757. The minimum Gasteiger partial charge on any atom is -0.477 e. The topological polar surface area (TPSA) is 70.7 Å². The first-order chi connectivity index (χ1) is 8.18. The zero-order chi connectivity index (χ0) is 12.0. The van der Waals surface area contributed by atoms with E-state index in [0.29, 0.717) is 11.3 Å². The number of rotatable bonds is 2. The number of carboxylic acid groups (broad SMARTS) is 1.